The first kappa shape index (κ1) is 15.8. The fourth-order valence-corrected chi connectivity index (χ4v) is 2.59. The Balaban J connectivity index is 1.83. The van der Waals surface area contributed by atoms with Crippen LogP contribution < -0.4 is 0 Å². The van der Waals surface area contributed by atoms with E-state index in [0.29, 0.717) is 43.0 Å². The highest BCUT2D eigenvalue weighted by Gasteiger charge is 2.27. The van der Waals surface area contributed by atoms with Gasteiger partial charge in [0.25, 0.3) is 0 Å². The first-order chi connectivity index (χ1) is 10.1. The molecule has 1 aromatic rings. The molecule has 114 valence electrons. The summed E-state index contributed by atoms with van der Waals surface area (Å²) in [5, 5.41) is 0. The number of piperidine rings is 1. The van der Waals surface area contributed by atoms with E-state index < -0.39 is 0 Å². The summed E-state index contributed by atoms with van der Waals surface area (Å²) >= 11 is 3.21. The van der Waals surface area contributed by atoms with Crippen molar-refractivity contribution in [3.8, 4) is 0 Å². The number of nitrogens with zero attached hydrogens (tertiary/aromatic N) is 1. The number of carbonyl (C=O) groups excluding carboxylic acids is 2. The maximum atomic E-state index is 12.1. The van der Waals surface area contributed by atoms with Crippen LogP contribution in [0.2, 0.25) is 0 Å². The minimum Gasteiger partial charge on any atom is -0.466 e. The Kier molecular flexibility index (Phi) is 5.61. The van der Waals surface area contributed by atoms with Crippen molar-refractivity contribution in [3.63, 3.8) is 0 Å². The molecule has 0 spiro atoms. The zero-order valence-electron chi connectivity index (χ0n) is 11.9. The molecule has 0 bridgehead atoms. The molecule has 0 radical (unpaired) electrons. The van der Waals surface area contributed by atoms with Crippen molar-refractivity contribution in [3.05, 3.63) is 28.6 Å². The second-order valence-electron chi connectivity index (χ2n) is 4.83. The number of ether oxygens (including phenoxy) is 1. The molecule has 0 N–H and O–H groups in total. The van der Waals surface area contributed by atoms with Gasteiger partial charge < -0.3 is 14.1 Å². The van der Waals surface area contributed by atoms with E-state index in [4.69, 9.17) is 9.15 Å². The molecule has 1 aliphatic heterocycles. The molecule has 0 aliphatic carbocycles. The van der Waals surface area contributed by atoms with Crippen LogP contribution in [0.3, 0.4) is 0 Å². The molecule has 1 aliphatic rings. The Morgan fingerprint density at radius 1 is 1.43 bits per heavy atom. The van der Waals surface area contributed by atoms with Crippen molar-refractivity contribution >= 4 is 33.9 Å². The molecule has 21 heavy (non-hydrogen) atoms. The Labute approximate surface area is 132 Å². The molecule has 0 aromatic carbocycles. The lowest BCUT2D eigenvalue weighted by Gasteiger charge is -2.30. The zero-order valence-corrected chi connectivity index (χ0v) is 13.5. The van der Waals surface area contributed by atoms with E-state index in [2.05, 4.69) is 15.9 Å². The quantitative estimate of drug-likeness (QED) is 0.615. The van der Waals surface area contributed by atoms with Gasteiger partial charge in [-0.1, -0.05) is 0 Å². The van der Waals surface area contributed by atoms with Crippen molar-refractivity contribution < 1.29 is 18.7 Å². The van der Waals surface area contributed by atoms with Gasteiger partial charge in [0.1, 0.15) is 5.76 Å². The van der Waals surface area contributed by atoms with Gasteiger partial charge in [0.15, 0.2) is 4.67 Å². The second-order valence-corrected chi connectivity index (χ2v) is 5.61. The highest BCUT2D eigenvalue weighted by Crippen LogP contribution is 2.19. The van der Waals surface area contributed by atoms with E-state index in [0.717, 1.165) is 0 Å². The van der Waals surface area contributed by atoms with Gasteiger partial charge in [-0.25, -0.2) is 0 Å². The number of furan rings is 1. The molecule has 2 heterocycles. The third-order valence-electron chi connectivity index (χ3n) is 3.41. The topological polar surface area (TPSA) is 59.8 Å². The molecule has 1 saturated heterocycles. The first-order valence-corrected chi connectivity index (χ1v) is 7.78. The van der Waals surface area contributed by atoms with Gasteiger partial charge in [-0.3, -0.25) is 9.59 Å². The van der Waals surface area contributed by atoms with Gasteiger partial charge in [-0.05, 0) is 53.9 Å². The number of hydrogen-bond acceptors (Lipinski definition) is 4. The van der Waals surface area contributed by atoms with E-state index in [1.807, 2.05) is 0 Å². The molecule has 1 aromatic heterocycles. The third-order valence-corrected chi connectivity index (χ3v) is 3.84. The van der Waals surface area contributed by atoms with Crippen LogP contribution in [0.15, 0.2) is 27.3 Å². The lowest BCUT2D eigenvalue weighted by molar-refractivity contribution is -0.150. The molecule has 0 saturated carbocycles. The number of likely N-dealkylation sites (tertiary alicyclic amines) is 1. The van der Waals surface area contributed by atoms with Crippen molar-refractivity contribution in [1.82, 2.24) is 4.90 Å². The Morgan fingerprint density at radius 2 is 2.14 bits per heavy atom. The van der Waals surface area contributed by atoms with Crippen LogP contribution in [-0.4, -0.2) is 36.5 Å². The summed E-state index contributed by atoms with van der Waals surface area (Å²) in [5.41, 5.74) is 0. The molecule has 1 fully saturated rings. The third kappa shape index (κ3) is 4.46. The minimum atomic E-state index is -0.152. The van der Waals surface area contributed by atoms with Crippen LogP contribution >= 0.6 is 15.9 Å². The highest BCUT2D eigenvalue weighted by atomic mass is 79.9. The van der Waals surface area contributed by atoms with Gasteiger partial charge in [-0.15, -0.1) is 0 Å². The van der Waals surface area contributed by atoms with E-state index in [1.54, 1.807) is 30.0 Å². The zero-order chi connectivity index (χ0) is 15.2. The van der Waals surface area contributed by atoms with Gasteiger partial charge in [0.2, 0.25) is 5.91 Å². The maximum absolute atomic E-state index is 12.1. The normalized spacial score (nSPS) is 16.4. The van der Waals surface area contributed by atoms with Gasteiger partial charge >= 0.3 is 5.97 Å². The fraction of sp³-hybridized carbons (Fsp3) is 0.467. The number of rotatable bonds is 4. The largest absolute Gasteiger partial charge is 0.466 e. The van der Waals surface area contributed by atoms with Gasteiger partial charge in [0.05, 0.1) is 12.5 Å². The predicted octanol–water partition coefficient (Wildman–Crippen LogP) is 2.86. The minimum absolute atomic E-state index is 0.0650. The monoisotopic (exact) mass is 355 g/mol. The van der Waals surface area contributed by atoms with Crippen LogP contribution in [0.1, 0.15) is 25.5 Å². The molecule has 5 nitrogen and oxygen atoms in total. The first-order valence-electron chi connectivity index (χ1n) is 6.99. The van der Waals surface area contributed by atoms with Crippen LogP contribution in [0.5, 0.6) is 0 Å². The van der Waals surface area contributed by atoms with Gasteiger partial charge in [-0.2, -0.15) is 0 Å². The average Bonchev–Trinajstić information content (AvgIpc) is 2.91. The number of amides is 1. The molecule has 1 amide bonds. The summed E-state index contributed by atoms with van der Waals surface area (Å²) in [6, 6.07) is 3.55. The number of halogens is 1. The van der Waals surface area contributed by atoms with Crippen molar-refractivity contribution in [1.29, 1.82) is 0 Å². The van der Waals surface area contributed by atoms with Crippen LogP contribution in [0.4, 0.5) is 0 Å². The SMILES string of the molecule is CCOC(=O)C1CCN(C(=O)/C=C/c2ccc(Br)o2)CC1. The molecule has 6 heteroatoms. The van der Waals surface area contributed by atoms with Gasteiger partial charge in [0, 0.05) is 19.2 Å². The van der Waals surface area contributed by atoms with E-state index in [9.17, 15) is 9.59 Å². The van der Waals surface area contributed by atoms with E-state index in [-0.39, 0.29) is 17.8 Å². The maximum Gasteiger partial charge on any atom is 0.309 e. The Hall–Kier alpha value is -1.56. The van der Waals surface area contributed by atoms with Crippen molar-refractivity contribution in [2.24, 2.45) is 5.92 Å². The molecular weight excluding hydrogens is 338 g/mol. The lowest BCUT2D eigenvalue weighted by atomic mass is 9.97. The molecular formula is C15H18BrNO4. The average molecular weight is 356 g/mol. The fourth-order valence-electron chi connectivity index (χ4n) is 2.27. The summed E-state index contributed by atoms with van der Waals surface area (Å²) < 4.78 is 10.9. The second kappa shape index (κ2) is 7.45. The number of esters is 1. The molecule has 0 atom stereocenters. The Bertz CT molecular complexity index is 530. The van der Waals surface area contributed by atoms with E-state index >= 15 is 0 Å². The van der Waals surface area contributed by atoms with E-state index in [1.165, 1.54) is 6.08 Å². The highest BCUT2D eigenvalue weighted by molar-refractivity contribution is 9.10. The smallest absolute Gasteiger partial charge is 0.309 e. The summed E-state index contributed by atoms with van der Waals surface area (Å²) in [5.74, 6) is 0.320. The standard InChI is InChI=1S/C15H18BrNO4/c1-2-20-15(19)11-7-9-17(10-8-11)14(18)6-4-12-3-5-13(16)21-12/h3-6,11H,2,7-10H2,1H3/b6-4+. The van der Waals surface area contributed by atoms with Crippen LogP contribution in [0, 0.1) is 5.92 Å². The van der Waals surface area contributed by atoms with Crippen molar-refractivity contribution in [2.45, 2.75) is 19.8 Å². The summed E-state index contributed by atoms with van der Waals surface area (Å²) in [4.78, 5) is 25.4. The van der Waals surface area contributed by atoms with Crippen LogP contribution in [0.25, 0.3) is 6.08 Å². The summed E-state index contributed by atoms with van der Waals surface area (Å²) in [7, 11) is 0. The predicted molar refractivity (Wildman–Crippen MR) is 81.4 cm³/mol. The van der Waals surface area contributed by atoms with Crippen LogP contribution in [-0.2, 0) is 14.3 Å². The number of hydrogen-bond donors (Lipinski definition) is 0. The summed E-state index contributed by atoms with van der Waals surface area (Å²) in [6.45, 7) is 3.36. The summed E-state index contributed by atoms with van der Waals surface area (Å²) in [6.07, 6.45) is 4.45. The van der Waals surface area contributed by atoms with Crippen molar-refractivity contribution in [2.75, 3.05) is 19.7 Å². The molecule has 2 rings (SSSR count). The Morgan fingerprint density at radius 3 is 2.71 bits per heavy atom. The number of carbonyl (C=O) groups is 2. The molecule has 0 unspecified atom stereocenters. The lowest BCUT2D eigenvalue weighted by Crippen LogP contribution is -2.39.